The summed E-state index contributed by atoms with van der Waals surface area (Å²) in [6.45, 7) is 3.22. The minimum Gasteiger partial charge on any atom is -0.318 e. The maximum atomic E-state index is 4.59. The number of nitrogens with zero attached hydrogens (tertiary/aromatic N) is 2. The largest absolute Gasteiger partial charge is 0.318 e. The van der Waals surface area contributed by atoms with Crippen LogP contribution in [0.4, 0.5) is 0 Å². The van der Waals surface area contributed by atoms with Gasteiger partial charge >= 0.3 is 0 Å². The Labute approximate surface area is 119 Å². The van der Waals surface area contributed by atoms with Gasteiger partial charge in [-0.1, -0.05) is 0 Å². The van der Waals surface area contributed by atoms with Gasteiger partial charge < -0.3 is 4.57 Å². The van der Waals surface area contributed by atoms with Gasteiger partial charge in [0.25, 0.3) is 0 Å². The number of halogens is 3. The lowest BCUT2D eigenvalue weighted by Gasteiger charge is -2.19. The molecule has 0 fully saturated rings. The molecule has 0 spiro atoms. The quantitative estimate of drug-likeness (QED) is 0.624. The molecule has 16 heavy (non-hydrogen) atoms. The van der Waals surface area contributed by atoms with Crippen LogP contribution in [0.1, 0.15) is 17.5 Å². The highest BCUT2D eigenvalue weighted by Crippen LogP contribution is 2.40. The molecule has 2 aromatic rings. The van der Waals surface area contributed by atoms with E-state index in [0.717, 1.165) is 32.2 Å². The Balaban J connectivity index is 2.57. The van der Waals surface area contributed by atoms with E-state index < -0.39 is 0 Å². The number of hydrogen-bond donors (Lipinski definition) is 0. The summed E-state index contributed by atoms with van der Waals surface area (Å²) >= 11 is 10.8. The van der Waals surface area contributed by atoms with Crippen LogP contribution >= 0.6 is 47.8 Å². The third-order valence-corrected chi connectivity index (χ3v) is 6.10. The molecule has 1 aromatic heterocycles. The highest BCUT2D eigenvalue weighted by atomic mass is 79.9. The van der Waals surface area contributed by atoms with Gasteiger partial charge in [-0.25, -0.2) is 4.98 Å². The summed E-state index contributed by atoms with van der Waals surface area (Å²) in [5.41, 5.74) is 5.09. The van der Waals surface area contributed by atoms with Crippen molar-refractivity contribution in [3.63, 3.8) is 0 Å². The summed E-state index contributed by atoms with van der Waals surface area (Å²) in [6, 6.07) is 0. The van der Waals surface area contributed by atoms with Crippen LogP contribution in [0.25, 0.3) is 11.0 Å². The molecule has 0 radical (unpaired) electrons. The molecule has 0 unspecified atom stereocenters. The van der Waals surface area contributed by atoms with Crippen LogP contribution in [-0.4, -0.2) is 9.55 Å². The standard InChI is InChI=1S/C11H9Br3N2/c1-5-6-3-2-4-16-10(6)9(15-11(16)14)8(13)7(5)12/h2-4H2,1H3. The van der Waals surface area contributed by atoms with Crippen molar-refractivity contribution in [2.45, 2.75) is 26.3 Å². The zero-order valence-corrected chi connectivity index (χ0v) is 13.4. The van der Waals surface area contributed by atoms with Crippen molar-refractivity contribution in [3.05, 3.63) is 24.8 Å². The Morgan fingerprint density at radius 2 is 1.94 bits per heavy atom. The molecule has 2 heterocycles. The average molecular weight is 409 g/mol. The van der Waals surface area contributed by atoms with E-state index in [1.807, 2.05) is 0 Å². The fourth-order valence-electron chi connectivity index (χ4n) is 2.39. The number of hydrogen-bond acceptors (Lipinski definition) is 1. The lowest BCUT2D eigenvalue weighted by molar-refractivity contribution is 0.619. The molecule has 0 bridgehead atoms. The van der Waals surface area contributed by atoms with E-state index in [-0.39, 0.29) is 0 Å². The van der Waals surface area contributed by atoms with Crippen LogP contribution < -0.4 is 0 Å². The van der Waals surface area contributed by atoms with Crippen LogP contribution in [0.3, 0.4) is 0 Å². The third-order valence-electron chi connectivity index (χ3n) is 3.20. The molecule has 3 rings (SSSR count). The van der Waals surface area contributed by atoms with Gasteiger partial charge in [-0.05, 0) is 78.7 Å². The molecule has 0 N–H and O–H groups in total. The molecule has 2 nitrogen and oxygen atoms in total. The lowest BCUT2D eigenvalue weighted by Crippen LogP contribution is -2.09. The highest BCUT2D eigenvalue weighted by Gasteiger charge is 2.22. The van der Waals surface area contributed by atoms with Crippen molar-refractivity contribution in [2.75, 3.05) is 0 Å². The summed E-state index contributed by atoms with van der Waals surface area (Å²) < 4.78 is 5.39. The van der Waals surface area contributed by atoms with E-state index in [9.17, 15) is 0 Å². The summed E-state index contributed by atoms with van der Waals surface area (Å²) in [7, 11) is 0. The molecule has 5 heteroatoms. The molecule has 1 aliphatic heterocycles. The molecule has 1 aromatic carbocycles. The van der Waals surface area contributed by atoms with Crippen LogP contribution in [0.5, 0.6) is 0 Å². The van der Waals surface area contributed by atoms with Gasteiger partial charge in [-0.2, -0.15) is 0 Å². The molecule has 0 atom stereocenters. The van der Waals surface area contributed by atoms with Gasteiger partial charge in [-0.3, -0.25) is 0 Å². The summed E-state index contributed by atoms with van der Waals surface area (Å²) in [5.74, 6) is 0. The number of benzene rings is 1. The number of aromatic nitrogens is 2. The normalized spacial score (nSPS) is 14.8. The van der Waals surface area contributed by atoms with Crippen molar-refractivity contribution < 1.29 is 0 Å². The summed E-state index contributed by atoms with van der Waals surface area (Å²) in [6.07, 6.45) is 2.33. The minimum absolute atomic E-state index is 0.932. The van der Waals surface area contributed by atoms with Crippen molar-refractivity contribution in [1.82, 2.24) is 9.55 Å². The SMILES string of the molecule is Cc1c(Br)c(Br)c2nc(Br)n3c2c1CCC3. The van der Waals surface area contributed by atoms with Crippen molar-refractivity contribution in [3.8, 4) is 0 Å². The first-order valence-electron chi connectivity index (χ1n) is 5.13. The Bertz CT molecular complexity index is 601. The van der Waals surface area contributed by atoms with Gasteiger partial charge in [0.05, 0.1) is 9.99 Å². The number of rotatable bonds is 0. The Morgan fingerprint density at radius 1 is 1.19 bits per heavy atom. The predicted molar refractivity (Wildman–Crippen MR) is 75.9 cm³/mol. The molecule has 0 saturated heterocycles. The second-order valence-corrected chi connectivity index (χ2v) is 6.36. The lowest BCUT2D eigenvalue weighted by atomic mass is 9.99. The fraction of sp³-hybridized carbons (Fsp3) is 0.364. The van der Waals surface area contributed by atoms with E-state index in [4.69, 9.17) is 0 Å². The maximum absolute atomic E-state index is 4.59. The Kier molecular flexibility index (Phi) is 2.68. The molecule has 84 valence electrons. The van der Waals surface area contributed by atoms with Crippen LogP contribution in [0.15, 0.2) is 13.7 Å². The van der Waals surface area contributed by atoms with Crippen LogP contribution in [0.2, 0.25) is 0 Å². The van der Waals surface area contributed by atoms with Gasteiger partial charge in [0.2, 0.25) is 0 Å². The van der Waals surface area contributed by atoms with Gasteiger partial charge in [0.15, 0.2) is 4.73 Å². The Morgan fingerprint density at radius 3 is 2.69 bits per heavy atom. The number of imidazole rings is 1. The zero-order chi connectivity index (χ0) is 11.4. The predicted octanol–water partition coefficient (Wildman–Crippen LogP) is 4.58. The first-order chi connectivity index (χ1) is 7.61. The second kappa shape index (κ2) is 3.82. The second-order valence-electron chi connectivity index (χ2n) is 4.06. The average Bonchev–Trinajstić information content (AvgIpc) is 2.63. The maximum Gasteiger partial charge on any atom is 0.178 e. The van der Waals surface area contributed by atoms with Crippen LogP contribution in [-0.2, 0) is 13.0 Å². The van der Waals surface area contributed by atoms with Crippen molar-refractivity contribution >= 4 is 58.8 Å². The fourth-order valence-corrected chi connectivity index (χ4v) is 3.92. The van der Waals surface area contributed by atoms with E-state index in [1.54, 1.807) is 0 Å². The van der Waals surface area contributed by atoms with Crippen LogP contribution in [0, 0.1) is 6.92 Å². The van der Waals surface area contributed by atoms with Crippen molar-refractivity contribution in [2.24, 2.45) is 0 Å². The van der Waals surface area contributed by atoms with Gasteiger partial charge in [0, 0.05) is 11.0 Å². The van der Waals surface area contributed by atoms with E-state index in [2.05, 4.69) is 64.3 Å². The molecular formula is C11H9Br3N2. The smallest absolute Gasteiger partial charge is 0.178 e. The van der Waals surface area contributed by atoms with E-state index in [0.29, 0.717) is 0 Å². The first kappa shape index (κ1) is 11.2. The first-order valence-corrected chi connectivity index (χ1v) is 7.51. The highest BCUT2D eigenvalue weighted by molar-refractivity contribution is 9.13. The molecule has 0 amide bonds. The summed E-state index contributed by atoms with van der Waals surface area (Å²) in [4.78, 5) is 4.59. The van der Waals surface area contributed by atoms with Gasteiger partial charge in [0.1, 0.15) is 5.52 Å². The zero-order valence-electron chi connectivity index (χ0n) is 8.65. The monoisotopic (exact) mass is 406 g/mol. The van der Waals surface area contributed by atoms with Crippen molar-refractivity contribution in [1.29, 1.82) is 0 Å². The minimum atomic E-state index is 0.932. The molecule has 0 aliphatic carbocycles. The Hall–Kier alpha value is 0.130. The number of aryl methyl sites for hydroxylation is 2. The van der Waals surface area contributed by atoms with E-state index in [1.165, 1.54) is 23.1 Å². The molecular weight excluding hydrogens is 400 g/mol. The van der Waals surface area contributed by atoms with Gasteiger partial charge in [-0.15, -0.1) is 0 Å². The molecule has 0 saturated carbocycles. The van der Waals surface area contributed by atoms with E-state index >= 15 is 0 Å². The summed E-state index contributed by atoms with van der Waals surface area (Å²) in [5, 5.41) is 0. The topological polar surface area (TPSA) is 17.8 Å². The molecule has 1 aliphatic rings. The third kappa shape index (κ3) is 1.37.